The molecule has 1 aliphatic carbocycles. The van der Waals surface area contributed by atoms with Crippen LogP contribution in [0.1, 0.15) is 45.5 Å². The lowest BCUT2D eigenvalue weighted by Gasteiger charge is -2.29. The lowest BCUT2D eigenvalue weighted by Crippen LogP contribution is -2.37. The van der Waals surface area contributed by atoms with E-state index in [1.54, 1.807) is 12.4 Å². The Bertz CT molecular complexity index is 1230. The molecule has 2 fully saturated rings. The van der Waals surface area contributed by atoms with E-state index >= 15 is 0 Å². The summed E-state index contributed by atoms with van der Waals surface area (Å²) < 4.78 is 7.49. The van der Waals surface area contributed by atoms with Crippen molar-refractivity contribution in [3.8, 4) is 11.4 Å². The number of ether oxygens (including phenoxy) is 1. The van der Waals surface area contributed by atoms with Crippen LogP contribution in [0.15, 0.2) is 12.4 Å². The largest absolute Gasteiger partial charge is 0.465 e. The van der Waals surface area contributed by atoms with Gasteiger partial charge in [0.25, 0.3) is 0 Å². The Morgan fingerprint density at radius 1 is 1.20 bits per heavy atom. The standard InChI is InChI=1S/C23H29ClN8O3/c1-23(2,3)16(28-22(33)34)18-25-10-14(11-26-18)17-29-19(31-6-8-35-9-7-31)15-20(30-17)32(21(24)27-15)12-13-4-5-13/h10-11,13,16,28H,4-9,12H2,1-3H3,(H,33,34). The molecule has 0 radical (unpaired) electrons. The summed E-state index contributed by atoms with van der Waals surface area (Å²) in [6.07, 6.45) is 4.51. The second-order valence-corrected chi connectivity index (χ2v) is 10.5. The maximum atomic E-state index is 11.3. The average Bonchev–Trinajstić information content (AvgIpc) is 3.60. The van der Waals surface area contributed by atoms with E-state index < -0.39 is 17.6 Å². The molecule has 186 valence electrons. The highest BCUT2D eigenvalue weighted by Crippen LogP contribution is 2.36. The molecular formula is C23H29ClN8O3. The van der Waals surface area contributed by atoms with E-state index in [0.717, 1.165) is 6.54 Å². The summed E-state index contributed by atoms with van der Waals surface area (Å²) in [5.41, 5.74) is 1.59. The predicted octanol–water partition coefficient (Wildman–Crippen LogP) is 3.54. The maximum absolute atomic E-state index is 11.3. The lowest BCUT2D eigenvalue weighted by atomic mass is 9.86. The number of halogens is 1. The normalized spacial score (nSPS) is 17.5. The first kappa shape index (κ1) is 23.7. The number of aromatic nitrogens is 6. The van der Waals surface area contributed by atoms with Crippen molar-refractivity contribution in [3.63, 3.8) is 0 Å². The first-order valence-corrected chi connectivity index (χ1v) is 12.2. The zero-order valence-corrected chi connectivity index (χ0v) is 20.8. The number of hydrogen-bond donors (Lipinski definition) is 2. The van der Waals surface area contributed by atoms with Crippen LogP contribution in [0, 0.1) is 11.3 Å². The summed E-state index contributed by atoms with van der Waals surface area (Å²) >= 11 is 6.55. The molecule has 35 heavy (non-hydrogen) atoms. The molecular weight excluding hydrogens is 472 g/mol. The molecule has 12 heteroatoms. The molecule has 3 aromatic rings. The number of carbonyl (C=O) groups is 1. The van der Waals surface area contributed by atoms with Crippen LogP contribution in [-0.2, 0) is 11.3 Å². The van der Waals surface area contributed by atoms with Gasteiger partial charge in [-0.3, -0.25) is 4.57 Å². The van der Waals surface area contributed by atoms with Crippen molar-refractivity contribution in [3.05, 3.63) is 23.5 Å². The van der Waals surface area contributed by atoms with Gasteiger partial charge in [-0.25, -0.2) is 29.7 Å². The highest BCUT2D eigenvalue weighted by Gasteiger charge is 2.31. The van der Waals surface area contributed by atoms with Gasteiger partial charge in [0.15, 0.2) is 28.6 Å². The summed E-state index contributed by atoms with van der Waals surface area (Å²) in [5, 5.41) is 12.2. The van der Waals surface area contributed by atoms with Crippen molar-refractivity contribution >= 4 is 34.7 Å². The van der Waals surface area contributed by atoms with Gasteiger partial charge in [-0.2, -0.15) is 0 Å². The number of nitrogens with one attached hydrogen (secondary N) is 1. The van der Waals surface area contributed by atoms with Crippen molar-refractivity contribution in [1.29, 1.82) is 0 Å². The molecule has 3 aromatic heterocycles. The van der Waals surface area contributed by atoms with Crippen LogP contribution in [0.2, 0.25) is 5.28 Å². The summed E-state index contributed by atoms with van der Waals surface area (Å²) in [6.45, 7) is 9.19. The first-order valence-electron chi connectivity index (χ1n) is 11.8. The summed E-state index contributed by atoms with van der Waals surface area (Å²) in [7, 11) is 0. The lowest BCUT2D eigenvalue weighted by molar-refractivity contribution is 0.122. The summed E-state index contributed by atoms with van der Waals surface area (Å²) in [4.78, 5) is 36.7. The quantitative estimate of drug-likeness (QED) is 0.487. The van der Waals surface area contributed by atoms with Crippen molar-refractivity contribution in [1.82, 2.24) is 34.8 Å². The molecule has 5 rings (SSSR count). The Morgan fingerprint density at radius 3 is 2.49 bits per heavy atom. The number of imidazole rings is 1. The van der Waals surface area contributed by atoms with E-state index in [4.69, 9.17) is 26.3 Å². The molecule has 1 aliphatic heterocycles. The molecule has 2 aliphatic rings. The van der Waals surface area contributed by atoms with E-state index in [9.17, 15) is 9.90 Å². The van der Waals surface area contributed by atoms with Gasteiger partial charge < -0.3 is 20.1 Å². The topological polar surface area (TPSA) is 131 Å². The zero-order chi connectivity index (χ0) is 24.7. The van der Waals surface area contributed by atoms with Crippen molar-refractivity contribution in [2.75, 3.05) is 31.2 Å². The Kier molecular flexibility index (Phi) is 6.22. The second kappa shape index (κ2) is 9.19. The molecule has 1 atom stereocenters. The van der Waals surface area contributed by atoms with Crippen LogP contribution in [0.25, 0.3) is 22.6 Å². The molecule has 1 unspecified atom stereocenters. The number of nitrogens with zero attached hydrogens (tertiary/aromatic N) is 7. The van der Waals surface area contributed by atoms with Crippen LogP contribution in [0.5, 0.6) is 0 Å². The fourth-order valence-corrected chi connectivity index (χ4v) is 4.43. The third-order valence-corrected chi connectivity index (χ3v) is 6.59. The molecule has 0 aromatic carbocycles. The number of fused-ring (bicyclic) bond motifs is 1. The molecule has 4 heterocycles. The minimum Gasteiger partial charge on any atom is -0.465 e. The number of anilines is 1. The van der Waals surface area contributed by atoms with Gasteiger partial charge in [-0.05, 0) is 35.8 Å². The average molecular weight is 501 g/mol. The van der Waals surface area contributed by atoms with Gasteiger partial charge >= 0.3 is 6.09 Å². The highest BCUT2D eigenvalue weighted by atomic mass is 35.5. The van der Waals surface area contributed by atoms with Gasteiger partial charge in [-0.15, -0.1) is 0 Å². The van der Waals surface area contributed by atoms with Crippen LogP contribution in [0.3, 0.4) is 0 Å². The van der Waals surface area contributed by atoms with Gasteiger partial charge in [0, 0.05) is 32.0 Å². The van der Waals surface area contributed by atoms with Crippen molar-refractivity contribution < 1.29 is 14.6 Å². The Labute approximate surface area is 207 Å². The monoisotopic (exact) mass is 500 g/mol. The van der Waals surface area contributed by atoms with Gasteiger partial charge in [-0.1, -0.05) is 20.8 Å². The molecule has 0 spiro atoms. The SMILES string of the molecule is CC(C)(C)C(NC(=O)O)c1ncc(-c2nc(N3CCOCC3)c3nc(Cl)n(CC4CC4)c3n2)cn1. The van der Waals surface area contributed by atoms with Gasteiger partial charge in [0.05, 0.1) is 24.8 Å². The maximum Gasteiger partial charge on any atom is 0.405 e. The number of rotatable bonds is 6. The van der Waals surface area contributed by atoms with E-state index in [1.807, 2.05) is 25.3 Å². The van der Waals surface area contributed by atoms with E-state index in [2.05, 4.69) is 25.2 Å². The zero-order valence-electron chi connectivity index (χ0n) is 20.0. The van der Waals surface area contributed by atoms with Crippen molar-refractivity contribution in [2.45, 2.75) is 46.2 Å². The molecule has 2 N–H and O–H groups in total. The molecule has 1 amide bonds. The molecule has 1 saturated heterocycles. The fraction of sp³-hybridized carbons (Fsp3) is 0.565. The summed E-state index contributed by atoms with van der Waals surface area (Å²) in [5.74, 6) is 2.17. The van der Waals surface area contributed by atoms with Gasteiger partial charge in [0.1, 0.15) is 0 Å². The van der Waals surface area contributed by atoms with Crippen molar-refractivity contribution in [2.24, 2.45) is 11.3 Å². The highest BCUT2D eigenvalue weighted by molar-refractivity contribution is 6.29. The predicted molar refractivity (Wildman–Crippen MR) is 130 cm³/mol. The Hall–Kier alpha value is -3.05. The fourth-order valence-electron chi connectivity index (χ4n) is 4.20. The molecule has 1 saturated carbocycles. The number of amides is 1. The van der Waals surface area contributed by atoms with Crippen LogP contribution >= 0.6 is 11.6 Å². The third kappa shape index (κ3) is 5.01. The van der Waals surface area contributed by atoms with E-state index in [-0.39, 0.29) is 0 Å². The Morgan fingerprint density at radius 2 is 1.89 bits per heavy atom. The van der Waals surface area contributed by atoms with E-state index in [0.29, 0.717) is 71.7 Å². The van der Waals surface area contributed by atoms with E-state index in [1.165, 1.54) is 12.8 Å². The molecule has 11 nitrogen and oxygen atoms in total. The number of morpholine rings is 1. The van der Waals surface area contributed by atoms with Gasteiger partial charge in [0.2, 0.25) is 5.28 Å². The number of hydrogen-bond acceptors (Lipinski definition) is 8. The van der Waals surface area contributed by atoms with Crippen LogP contribution < -0.4 is 10.2 Å². The smallest absolute Gasteiger partial charge is 0.405 e. The number of carboxylic acid groups (broad SMARTS) is 1. The van der Waals surface area contributed by atoms with Crippen LogP contribution in [-0.4, -0.2) is 67.0 Å². The second-order valence-electron chi connectivity index (χ2n) is 10.2. The minimum absolute atomic E-state index is 0.389. The third-order valence-electron chi connectivity index (χ3n) is 6.30. The summed E-state index contributed by atoms with van der Waals surface area (Å²) in [6, 6.07) is -0.569. The molecule has 0 bridgehead atoms. The Balaban J connectivity index is 1.57. The first-order chi connectivity index (χ1) is 16.7. The minimum atomic E-state index is -1.12. The van der Waals surface area contributed by atoms with Crippen LogP contribution in [0.4, 0.5) is 10.6 Å².